The molecular formula is C22H31NO3. The van der Waals surface area contributed by atoms with Gasteiger partial charge < -0.3 is 9.47 Å². The topological polar surface area (TPSA) is 45.4 Å². The molecule has 142 valence electrons. The van der Waals surface area contributed by atoms with Crippen molar-refractivity contribution in [3.05, 3.63) is 35.9 Å². The molecule has 1 aromatic carbocycles. The van der Waals surface area contributed by atoms with E-state index in [4.69, 9.17) is 9.47 Å². The van der Waals surface area contributed by atoms with Crippen LogP contribution < -0.4 is 0 Å². The summed E-state index contributed by atoms with van der Waals surface area (Å²) in [6, 6.07) is 9.62. The number of hydrogen-bond donors (Lipinski definition) is 0. The SMILES string of the molecule is CC(C)CCC1OC1(C)[C@H]1CN(CC(=O)c2ccccc2)CC[C@]12CO2. The number of hydrogen-bond acceptors (Lipinski definition) is 4. The summed E-state index contributed by atoms with van der Waals surface area (Å²) in [4.78, 5) is 14.9. The van der Waals surface area contributed by atoms with Crippen LogP contribution in [0.2, 0.25) is 0 Å². The fraction of sp³-hybridized carbons (Fsp3) is 0.682. The number of carbonyl (C=O) groups is 1. The molecule has 3 saturated heterocycles. The molecule has 4 atom stereocenters. The van der Waals surface area contributed by atoms with Gasteiger partial charge in [-0.2, -0.15) is 0 Å². The van der Waals surface area contributed by atoms with Crippen molar-refractivity contribution in [2.75, 3.05) is 26.2 Å². The van der Waals surface area contributed by atoms with Crippen molar-refractivity contribution in [2.45, 2.75) is 57.3 Å². The number of Topliss-reactive ketones (excluding diaryl/α,β-unsaturated/α-hetero) is 1. The molecule has 2 unspecified atom stereocenters. The zero-order chi connectivity index (χ0) is 18.4. The van der Waals surface area contributed by atoms with Crippen LogP contribution in [0.15, 0.2) is 30.3 Å². The van der Waals surface area contributed by atoms with E-state index in [2.05, 4.69) is 25.7 Å². The second kappa shape index (κ2) is 6.74. The lowest BCUT2D eigenvalue weighted by atomic mass is 9.75. The number of carbonyl (C=O) groups excluding carboxylic acids is 1. The van der Waals surface area contributed by atoms with Crippen LogP contribution in [0, 0.1) is 11.8 Å². The maximum atomic E-state index is 12.6. The molecule has 0 bridgehead atoms. The molecule has 3 aliphatic rings. The number of benzene rings is 1. The van der Waals surface area contributed by atoms with Crippen LogP contribution in [-0.2, 0) is 9.47 Å². The Morgan fingerprint density at radius 1 is 1.31 bits per heavy atom. The van der Waals surface area contributed by atoms with Gasteiger partial charge >= 0.3 is 0 Å². The number of ketones is 1. The summed E-state index contributed by atoms with van der Waals surface area (Å²) in [6.45, 7) is 9.96. The van der Waals surface area contributed by atoms with E-state index < -0.39 is 0 Å². The third kappa shape index (κ3) is 3.47. The van der Waals surface area contributed by atoms with Crippen LogP contribution in [-0.4, -0.2) is 54.2 Å². The van der Waals surface area contributed by atoms with Crippen LogP contribution >= 0.6 is 0 Å². The molecule has 4 nitrogen and oxygen atoms in total. The van der Waals surface area contributed by atoms with E-state index in [-0.39, 0.29) is 17.0 Å². The lowest BCUT2D eigenvalue weighted by Crippen LogP contribution is -2.52. The number of rotatable bonds is 7. The Morgan fingerprint density at radius 3 is 2.69 bits per heavy atom. The molecular weight excluding hydrogens is 326 g/mol. The summed E-state index contributed by atoms with van der Waals surface area (Å²) in [5.74, 6) is 1.28. The maximum absolute atomic E-state index is 12.6. The average Bonchev–Trinajstić information content (AvgIpc) is 3.54. The molecule has 4 heteroatoms. The molecule has 0 amide bonds. The van der Waals surface area contributed by atoms with E-state index in [0.717, 1.165) is 38.1 Å². The standard InChI is InChI=1S/C22H31NO3/c1-16(2)9-10-20-21(3,26-20)19-14-23(12-11-22(19)15-25-22)13-18(24)17-7-5-4-6-8-17/h4-8,16,19-20H,9-15H2,1-3H3/t19-,20?,21?,22+/m1/s1. The first-order valence-corrected chi connectivity index (χ1v) is 10.1. The highest BCUT2D eigenvalue weighted by atomic mass is 16.6. The molecule has 0 radical (unpaired) electrons. The van der Waals surface area contributed by atoms with Gasteiger partial charge in [-0.3, -0.25) is 9.69 Å². The number of likely N-dealkylation sites (tertiary alicyclic amines) is 1. The van der Waals surface area contributed by atoms with Gasteiger partial charge in [0.05, 0.1) is 30.5 Å². The van der Waals surface area contributed by atoms with E-state index in [1.165, 1.54) is 6.42 Å². The van der Waals surface area contributed by atoms with E-state index >= 15 is 0 Å². The minimum atomic E-state index is -0.0835. The fourth-order valence-corrected chi connectivity index (χ4v) is 4.65. The Bertz CT molecular complexity index is 655. The third-order valence-electron chi connectivity index (χ3n) is 6.58. The fourth-order valence-electron chi connectivity index (χ4n) is 4.65. The van der Waals surface area contributed by atoms with Crippen molar-refractivity contribution in [3.63, 3.8) is 0 Å². The Morgan fingerprint density at radius 2 is 2.04 bits per heavy atom. The van der Waals surface area contributed by atoms with E-state index in [1.54, 1.807) is 0 Å². The average molecular weight is 357 g/mol. The monoisotopic (exact) mass is 357 g/mol. The second-order valence-electron chi connectivity index (χ2n) is 8.94. The van der Waals surface area contributed by atoms with Crippen LogP contribution in [0.4, 0.5) is 0 Å². The minimum Gasteiger partial charge on any atom is -0.369 e. The second-order valence-corrected chi connectivity index (χ2v) is 8.94. The summed E-state index contributed by atoms with van der Waals surface area (Å²) < 4.78 is 12.2. The Kier molecular flexibility index (Phi) is 4.70. The highest BCUT2D eigenvalue weighted by Crippen LogP contribution is 2.56. The molecule has 1 aromatic rings. The predicted octanol–water partition coefficient (Wildman–Crippen LogP) is 3.55. The predicted molar refractivity (Wildman–Crippen MR) is 101 cm³/mol. The summed E-state index contributed by atoms with van der Waals surface area (Å²) in [7, 11) is 0. The van der Waals surface area contributed by atoms with Gasteiger partial charge in [-0.05, 0) is 32.1 Å². The zero-order valence-electron chi connectivity index (χ0n) is 16.2. The van der Waals surface area contributed by atoms with E-state index in [0.29, 0.717) is 24.5 Å². The molecule has 26 heavy (non-hydrogen) atoms. The summed E-state index contributed by atoms with van der Waals surface area (Å²) in [5, 5.41) is 0. The molecule has 0 saturated carbocycles. The molecule has 0 aromatic heterocycles. The smallest absolute Gasteiger partial charge is 0.176 e. The molecule has 0 aliphatic carbocycles. The first-order chi connectivity index (χ1) is 12.4. The Hall–Kier alpha value is -1.23. The number of piperidine rings is 1. The van der Waals surface area contributed by atoms with Crippen LogP contribution in [0.5, 0.6) is 0 Å². The van der Waals surface area contributed by atoms with Gasteiger partial charge in [0, 0.05) is 24.6 Å². The van der Waals surface area contributed by atoms with Gasteiger partial charge in [0.1, 0.15) is 0 Å². The summed E-state index contributed by atoms with van der Waals surface area (Å²) in [5.41, 5.74) is 0.726. The highest BCUT2D eigenvalue weighted by molar-refractivity contribution is 5.97. The molecule has 1 spiro atoms. The lowest BCUT2D eigenvalue weighted by molar-refractivity contribution is 0.0368. The Labute approximate surface area is 156 Å². The summed E-state index contributed by atoms with van der Waals surface area (Å²) in [6.07, 6.45) is 3.69. The van der Waals surface area contributed by atoms with Gasteiger partial charge in [0.15, 0.2) is 5.78 Å². The van der Waals surface area contributed by atoms with Crippen molar-refractivity contribution in [3.8, 4) is 0 Å². The largest absolute Gasteiger partial charge is 0.369 e. The van der Waals surface area contributed by atoms with Crippen LogP contribution in [0.3, 0.4) is 0 Å². The minimum absolute atomic E-state index is 0.00756. The van der Waals surface area contributed by atoms with Crippen LogP contribution in [0.1, 0.15) is 50.4 Å². The summed E-state index contributed by atoms with van der Waals surface area (Å²) >= 11 is 0. The van der Waals surface area contributed by atoms with Crippen molar-refractivity contribution in [2.24, 2.45) is 11.8 Å². The van der Waals surface area contributed by atoms with Gasteiger partial charge in [0.2, 0.25) is 0 Å². The first kappa shape index (κ1) is 18.1. The van der Waals surface area contributed by atoms with Crippen molar-refractivity contribution in [1.82, 2.24) is 4.90 Å². The third-order valence-corrected chi connectivity index (χ3v) is 6.58. The van der Waals surface area contributed by atoms with E-state index in [1.807, 2.05) is 30.3 Å². The molecule has 3 fully saturated rings. The van der Waals surface area contributed by atoms with E-state index in [9.17, 15) is 4.79 Å². The van der Waals surface area contributed by atoms with Crippen molar-refractivity contribution in [1.29, 1.82) is 0 Å². The Balaban J connectivity index is 1.40. The molecule has 3 heterocycles. The van der Waals surface area contributed by atoms with Gasteiger partial charge in [-0.25, -0.2) is 0 Å². The molecule has 3 aliphatic heterocycles. The van der Waals surface area contributed by atoms with Gasteiger partial charge in [0.25, 0.3) is 0 Å². The zero-order valence-corrected chi connectivity index (χ0v) is 16.2. The highest BCUT2D eigenvalue weighted by Gasteiger charge is 2.68. The number of epoxide rings is 2. The quantitative estimate of drug-likeness (QED) is 0.553. The lowest BCUT2D eigenvalue weighted by Gasteiger charge is -2.39. The van der Waals surface area contributed by atoms with Crippen molar-refractivity contribution >= 4 is 5.78 Å². The number of nitrogens with zero attached hydrogens (tertiary/aromatic N) is 1. The van der Waals surface area contributed by atoms with Crippen molar-refractivity contribution < 1.29 is 14.3 Å². The molecule has 0 N–H and O–H groups in total. The number of ether oxygens (including phenoxy) is 2. The first-order valence-electron chi connectivity index (χ1n) is 10.1. The van der Waals surface area contributed by atoms with Crippen LogP contribution in [0.25, 0.3) is 0 Å². The van der Waals surface area contributed by atoms with Gasteiger partial charge in [-0.1, -0.05) is 44.2 Å². The normalized spacial score (nSPS) is 36.5. The molecule has 4 rings (SSSR count). The van der Waals surface area contributed by atoms with Gasteiger partial charge in [-0.15, -0.1) is 0 Å². The maximum Gasteiger partial charge on any atom is 0.176 e.